The van der Waals surface area contributed by atoms with Gasteiger partial charge in [-0.1, -0.05) is 5.16 Å². The number of carbonyl (C=O) groups excluding carboxylic acids is 1. The molecule has 1 aromatic carbocycles. The molecule has 1 fully saturated rings. The zero-order chi connectivity index (χ0) is 21.3. The second-order valence-electron chi connectivity index (χ2n) is 7.46. The largest absolute Gasteiger partial charge is 0.508 e. The molecule has 0 saturated heterocycles. The minimum Gasteiger partial charge on any atom is -0.508 e. The summed E-state index contributed by atoms with van der Waals surface area (Å²) in [4.78, 5) is 23.9. The number of rotatable bonds is 8. The van der Waals surface area contributed by atoms with Crippen LogP contribution in [0.5, 0.6) is 5.75 Å². The first-order chi connectivity index (χ1) is 14.5. The monoisotopic (exact) mass is 409 g/mol. The van der Waals surface area contributed by atoms with Gasteiger partial charge in [0.25, 0.3) is 0 Å². The van der Waals surface area contributed by atoms with Crippen LogP contribution in [0.4, 0.5) is 5.69 Å². The Hall–Kier alpha value is -3.55. The zero-order valence-electron chi connectivity index (χ0n) is 16.6. The van der Waals surface area contributed by atoms with Crippen molar-refractivity contribution in [3.63, 3.8) is 0 Å². The van der Waals surface area contributed by atoms with Gasteiger partial charge < -0.3 is 24.6 Å². The number of anilines is 1. The van der Waals surface area contributed by atoms with E-state index in [1.54, 1.807) is 35.0 Å². The molecule has 4 rings (SSSR count). The highest BCUT2D eigenvalue weighted by atomic mass is 16.5. The second kappa shape index (κ2) is 8.06. The van der Waals surface area contributed by atoms with E-state index in [9.17, 15) is 19.8 Å². The van der Waals surface area contributed by atoms with Crippen LogP contribution in [0, 0.1) is 0 Å². The van der Waals surface area contributed by atoms with Gasteiger partial charge in [0.05, 0.1) is 11.4 Å². The Morgan fingerprint density at radius 2 is 1.97 bits per heavy atom. The number of phenolic OH excluding ortho intramolecular Hbond substituents is 1. The van der Waals surface area contributed by atoms with E-state index in [2.05, 4.69) is 10.5 Å². The standard InChI is InChI=1S/C22H23N3O5/c1-2-25-11-16(22(28)29)18(12-25)23-19(27)10-9-17-20(13-3-4-13)21(30-24-17)14-5-7-15(26)8-6-14/h5-8,11-13,26H,2-4,9-10H2,1H3,(H,23,27)(H,28,29). The summed E-state index contributed by atoms with van der Waals surface area (Å²) in [7, 11) is 0. The third kappa shape index (κ3) is 4.07. The lowest BCUT2D eigenvalue weighted by Gasteiger charge is -2.05. The fourth-order valence-electron chi connectivity index (χ4n) is 3.53. The number of aromatic nitrogens is 2. The SMILES string of the molecule is CCn1cc(NC(=O)CCc2noc(-c3ccc(O)cc3)c2C2CC2)c(C(=O)O)c1. The minimum absolute atomic E-state index is 0.0694. The summed E-state index contributed by atoms with van der Waals surface area (Å²) >= 11 is 0. The molecule has 0 radical (unpaired) electrons. The predicted molar refractivity (Wildman–Crippen MR) is 110 cm³/mol. The Balaban J connectivity index is 1.48. The van der Waals surface area contributed by atoms with Crippen LogP contribution in [0.3, 0.4) is 0 Å². The molecule has 0 unspecified atom stereocenters. The Bertz CT molecular complexity index is 1080. The molecule has 1 amide bonds. The summed E-state index contributed by atoms with van der Waals surface area (Å²) in [6, 6.07) is 6.77. The van der Waals surface area contributed by atoms with Crippen LogP contribution in [-0.2, 0) is 17.8 Å². The third-order valence-electron chi connectivity index (χ3n) is 5.26. The average molecular weight is 409 g/mol. The van der Waals surface area contributed by atoms with Crippen LogP contribution in [0.1, 0.15) is 53.7 Å². The summed E-state index contributed by atoms with van der Waals surface area (Å²) in [6.07, 6.45) is 5.80. The molecule has 3 aromatic rings. The van der Waals surface area contributed by atoms with E-state index < -0.39 is 5.97 Å². The number of phenols is 1. The Morgan fingerprint density at radius 1 is 1.23 bits per heavy atom. The van der Waals surface area contributed by atoms with Crippen LogP contribution in [0.25, 0.3) is 11.3 Å². The number of hydrogen-bond acceptors (Lipinski definition) is 5. The van der Waals surface area contributed by atoms with Crippen LogP contribution < -0.4 is 5.32 Å². The molecule has 1 aliphatic rings. The topological polar surface area (TPSA) is 118 Å². The molecule has 2 heterocycles. The first kappa shape index (κ1) is 19.8. The van der Waals surface area contributed by atoms with E-state index in [0.29, 0.717) is 30.3 Å². The molecular formula is C22H23N3O5. The second-order valence-corrected chi connectivity index (χ2v) is 7.46. The molecule has 3 N–H and O–H groups in total. The van der Waals surface area contributed by atoms with E-state index in [-0.39, 0.29) is 23.6 Å². The minimum atomic E-state index is -1.08. The van der Waals surface area contributed by atoms with Gasteiger partial charge in [-0.05, 0) is 49.9 Å². The van der Waals surface area contributed by atoms with Gasteiger partial charge in [-0.2, -0.15) is 0 Å². The van der Waals surface area contributed by atoms with Crippen molar-refractivity contribution in [2.75, 3.05) is 5.32 Å². The molecule has 30 heavy (non-hydrogen) atoms. The number of carboxylic acids is 1. The van der Waals surface area contributed by atoms with E-state index >= 15 is 0 Å². The molecule has 0 atom stereocenters. The molecule has 0 spiro atoms. The number of carbonyl (C=O) groups is 2. The molecular weight excluding hydrogens is 386 g/mol. The zero-order valence-corrected chi connectivity index (χ0v) is 16.6. The maximum absolute atomic E-state index is 12.5. The van der Waals surface area contributed by atoms with Gasteiger partial charge in [-0.25, -0.2) is 4.79 Å². The Labute approximate surface area is 173 Å². The summed E-state index contributed by atoms with van der Waals surface area (Å²) in [5.74, 6) is -0.122. The van der Waals surface area contributed by atoms with Crippen molar-refractivity contribution < 1.29 is 24.3 Å². The first-order valence-electron chi connectivity index (χ1n) is 9.97. The average Bonchev–Trinajstić information content (AvgIpc) is 3.34. The van der Waals surface area contributed by atoms with Gasteiger partial charge in [-0.15, -0.1) is 0 Å². The van der Waals surface area contributed by atoms with Gasteiger partial charge in [0.1, 0.15) is 11.3 Å². The van der Waals surface area contributed by atoms with Gasteiger partial charge in [0, 0.05) is 42.9 Å². The molecule has 2 aromatic heterocycles. The van der Waals surface area contributed by atoms with Crippen molar-refractivity contribution in [2.45, 2.75) is 45.1 Å². The fourth-order valence-corrected chi connectivity index (χ4v) is 3.53. The lowest BCUT2D eigenvalue weighted by atomic mass is 10.0. The Kier molecular flexibility index (Phi) is 5.31. The molecule has 8 heteroatoms. The number of amides is 1. The maximum Gasteiger partial charge on any atom is 0.339 e. The normalized spacial score (nSPS) is 13.4. The highest BCUT2D eigenvalue weighted by Gasteiger charge is 2.33. The Morgan fingerprint density at radius 3 is 2.60 bits per heavy atom. The van der Waals surface area contributed by atoms with Gasteiger partial charge in [-0.3, -0.25) is 4.79 Å². The quantitative estimate of drug-likeness (QED) is 0.517. The van der Waals surface area contributed by atoms with Gasteiger partial charge in [0.15, 0.2) is 5.76 Å². The number of aryl methyl sites for hydroxylation is 2. The van der Waals surface area contributed by atoms with Gasteiger partial charge in [0.2, 0.25) is 5.91 Å². The summed E-state index contributed by atoms with van der Waals surface area (Å²) < 4.78 is 7.31. The fraction of sp³-hybridized carbons (Fsp3) is 0.318. The van der Waals surface area contributed by atoms with Crippen LogP contribution in [0.15, 0.2) is 41.2 Å². The summed E-state index contributed by atoms with van der Waals surface area (Å²) in [6.45, 7) is 2.51. The highest BCUT2D eigenvalue weighted by Crippen LogP contribution is 2.46. The van der Waals surface area contributed by atoms with E-state index in [4.69, 9.17) is 4.52 Å². The molecule has 156 valence electrons. The molecule has 8 nitrogen and oxygen atoms in total. The lowest BCUT2D eigenvalue weighted by molar-refractivity contribution is -0.116. The first-order valence-corrected chi connectivity index (χ1v) is 9.97. The maximum atomic E-state index is 12.5. The van der Waals surface area contributed by atoms with Crippen LogP contribution >= 0.6 is 0 Å². The smallest absolute Gasteiger partial charge is 0.339 e. The number of aromatic hydroxyl groups is 1. The number of nitrogens with zero attached hydrogens (tertiary/aromatic N) is 2. The predicted octanol–water partition coefficient (Wildman–Crippen LogP) is 4.02. The van der Waals surface area contributed by atoms with E-state index in [0.717, 1.165) is 29.7 Å². The third-order valence-corrected chi connectivity index (χ3v) is 5.26. The number of carboxylic acid groups (broad SMARTS) is 1. The van der Waals surface area contributed by atoms with Crippen molar-refractivity contribution in [3.8, 4) is 17.1 Å². The highest BCUT2D eigenvalue weighted by molar-refractivity contribution is 6.00. The molecule has 0 aliphatic heterocycles. The van der Waals surface area contributed by atoms with Crippen molar-refractivity contribution in [3.05, 3.63) is 53.5 Å². The number of benzene rings is 1. The molecule has 1 saturated carbocycles. The number of nitrogens with one attached hydrogen (secondary N) is 1. The van der Waals surface area contributed by atoms with E-state index in [1.807, 2.05) is 6.92 Å². The van der Waals surface area contributed by atoms with Crippen LogP contribution in [-0.4, -0.2) is 31.8 Å². The lowest BCUT2D eigenvalue weighted by Crippen LogP contribution is -2.14. The van der Waals surface area contributed by atoms with Crippen molar-refractivity contribution in [1.82, 2.24) is 9.72 Å². The molecule has 1 aliphatic carbocycles. The summed E-state index contributed by atoms with van der Waals surface area (Å²) in [5.41, 5.74) is 2.98. The number of aromatic carboxylic acids is 1. The molecule has 0 bridgehead atoms. The van der Waals surface area contributed by atoms with E-state index in [1.165, 1.54) is 6.20 Å². The van der Waals surface area contributed by atoms with Crippen molar-refractivity contribution in [1.29, 1.82) is 0 Å². The van der Waals surface area contributed by atoms with Crippen molar-refractivity contribution in [2.24, 2.45) is 0 Å². The van der Waals surface area contributed by atoms with Crippen LogP contribution in [0.2, 0.25) is 0 Å². The summed E-state index contributed by atoms with van der Waals surface area (Å²) in [5, 5.41) is 25.7. The number of hydrogen-bond donors (Lipinski definition) is 3. The van der Waals surface area contributed by atoms with Gasteiger partial charge >= 0.3 is 5.97 Å². The van der Waals surface area contributed by atoms with Crippen molar-refractivity contribution >= 4 is 17.6 Å².